The Labute approximate surface area is 75.7 Å². The third-order valence-electron chi connectivity index (χ3n) is 1.93. The van der Waals surface area contributed by atoms with Gasteiger partial charge in [-0.1, -0.05) is 48.8 Å². The minimum absolute atomic E-state index is 0.820. The second-order valence-electron chi connectivity index (χ2n) is 3.02. The minimum Gasteiger partial charge on any atom is -0.0995 e. The van der Waals surface area contributed by atoms with Gasteiger partial charge in [-0.2, -0.15) is 0 Å². The summed E-state index contributed by atoms with van der Waals surface area (Å²) in [5.74, 6) is 0. The Morgan fingerprint density at radius 1 is 1.33 bits per heavy atom. The van der Waals surface area contributed by atoms with E-state index in [1.165, 1.54) is 11.1 Å². The van der Waals surface area contributed by atoms with Gasteiger partial charge in [-0.15, -0.1) is 0 Å². The van der Waals surface area contributed by atoms with Crippen LogP contribution in [0, 0.1) is 0 Å². The summed E-state index contributed by atoms with van der Waals surface area (Å²) >= 11 is 0. The van der Waals surface area contributed by atoms with Gasteiger partial charge in [0.15, 0.2) is 0 Å². The first-order valence-corrected chi connectivity index (χ1v) is 4.23. The molecule has 0 aliphatic rings. The van der Waals surface area contributed by atoms with Crippen molar-refractivity contribution < 1.29 is 0 Å². The SMILES string of the molecule is [B]c1ccc(CC(=C)CC)cc1. The molecule has 0 nitrogen and oxygen atoms in total. The molecule has 0 heterocycles. The lowest BCUT2D eigenvalue weighted by atomic mass is 9.94. The summed E-state index contributed by atoms with van der Waals surface area (Å²) < 4.78 is 0. The smallest absolute Gasteiger partial charge is 0.0995 e. The summed E-state index contributed by atoms with van der Waals surface area (Å²) in [4.78, 5) is 0. The molecule has 2 radical (unpaired) electrons. The van der Waals surface area contributed by atoms with Crippen LogP contribution in [-0.4, -0.2) is 7.85 Å². The van der Waals surface area contributed by atoms with E-state index in [2.05, 4.69) is 25.6 Å². The Hall–Kier alpha value is -0.975. The molecule has 0 aliphatic heterocycles. The highest BCUT2D eigenvalue weighted by Gasteiger charge is 1.93. The highest BCUT2D eigenvalue weighted by molar-refractivity contribution is 6.32. The number of allylic oxidation sites excluding steroid dienone is 1. The fourth-order valence-corrected chi connectivity index (χ4v) is 1.05. The number of hydrogen-bond acceptors (Lipinski definition) is 0. The van der Waals surface area contributed by atoms with Gasteiger partial charge in [-0.3, -0.25) is 0 Å². The molecule has 0 aromatic heterocycles. The van der Waals surface area contributed by atoms with Crippen molar-refractivity contribution in [2.45, 2.75) is 19.8 Å². The van der Waals surface area contributed by atoms with Crippen molar-refractivity contribution in [1.82, 2.24) is 0 Å². The fourth-order valence-electron chi connectivity index (χ4n) is 1.05. The maximum absolute atomic E-state index is 5.57. The second-order valence-corrected chi connectivity index (χ2v) is 3.02. The molecule has 0 fully saturated rings. The van der Waals surface area contributed by atoms with Gasteiger partial charge in [0.25, 0.3) is 0 Å². The zero-order chi connectivity index (χ0) is 8.97. The summed E-state index contributed by atoms with van der Waals surface area (Å²) in [5.41, 5.74) is 3.37. The number of hydrogen-bond donors (Lipinski definition) is 0. The normalized spacial score (nSPS) is 9.75. The van der Waals surface area contributed by atoms with Crippen LogP contribution in [0.4, 0.5) is 0 Å². The third-order valence-corrected chi connectivity index (χ3v) is 1.93. The van der Waals surface area contributed by atoms with Crippen molar-refractivity contribution in [3.63, 3.8) is 0 Å². The van der Waals surface area contributed by atoms with Gasteiger partial charge >= 0.3 is 0 Å². The third kappa shape index (κ3) is 2.57. The quantitative estimate of drug-likeness (QED) is 0.463. The van der Waals surface area contributed by atoms with Gasteiger partial charge in [0, 0.05) is 0 Å². The molecule has 0 saturated heterocycles. The van der Waals surface area contributed by atoms with Gasteiger partial charge in [0.2, 0.25) is 0 Å². The van der Waals surface area contributed by atoms with Crippen LogP contribution in [0.25, 0.3) is 0 Å². The highest BCUT2D eigenvalue weighted by Crippen LogP contribution is 2.07. The average Bonchev–Trinajstić information content (AvgIpc) is 2.09. The first-order valence-electron chi connectivity index (χ1n) is 4.23. The summed E-state index contributed by atoms with van der Waals surface area (Å²) in [5, 5.41) is 0. The van der Waals surface area contributed by atoms with E-state index in [-0.39, 0.29) is 0 Å². The standard InChI is InChI=1S/C11H13B/c1-3-9(2)8-10-4-6-11(12)7-5-10/h4-7H,2-3,8H2,1H3. The van der Waals surface area contributed by atoms with E-state index >= 15 is 0 Å². The predicted molar refractivity (Wildman–Crippen MR) is 55.0 cm³/mol. The zero-order valence-corrected chi connectivity index (χ0v) is 7.51. The molecule has 0 atom stereocenters. The molecule has 1 aromatic rings. The molecule has 0 unspecified atom stereocenters. The molecule has 0 aliphatic carbocycles. The molecule has 0 bridgehead atoms. The van der Waals surface area contributed by atoms with Crippen LogP contribution in [0.5, 0.6) is 0 Å². The van der Waals surface area contributed by atoms with E-state index < -0.39 is 0 Å². The molecule has 0 spiro atoms. The van der Waals surface area contributed by atoms with Gasteiger partial charge in [0.1, 0.15) is 7.85 Å². The molecule has 12 heavy (non-hydrogen) atoms. The maximum Gasteiger partial charge on any atom is 0.113 e. The minimum atomic E-state index is 0.820. The molecular weight excluding hydrogens is 143 g/mol. The Morgan fingerprint density at radius 2 is 1.92 bits per heavy atom. The Morgan fingerprint density at radius 3 is 2.42 bits per heavy atom. The molecule has 60 valence electrons. The molecule has 1 heteroatoms. The molecule has 0 amide bonds. The summed E-state index contributed by atoms with van der Waals surface area (Å²) in [6.07, 6.45) is 2.02. The van der Waals surface area contributed by atoms with Gasteiger partial charge in [0.05, 0.1) is 0 Å². The van der Waals surface area contributed by atoms with Crippen molar-refractivity contribution >= 4 is 13.3 Å². The van der Waals surface area contributed by atoms with E-state index in [0.29, 0.717) is 0 Å². The molecule has 0 N–H and O–H groups in total. The van der Waals surface area contributed by atoms with Crippen molar-refractivity contribution in [2.75, 3.05) is 0 Å². The fraction of sp³-hybridized carbons (Fsp3) is 0.273. The van der Waals surface area contributed by atoms with Gasteiger partial charge < -0.3 is 0 Å². The predicted octanol–water partition coefficient (Wildman–Crippen LogP) is 1.99. The largest absolute Gasteiger partial charge is 0.113 e. The van der Waals surface area contributed by atoms with E-state index in [1.54, 1.807) is 0 Å². The van der Waals surface area contributed by atoms with Crippen molar-refractivity contribution in [1.29, 1.82) is 0 Å². The number of rotatable bonds is 3. The lowest BCUT2D eigenvalue weighted by Gasteiger charge is -2.02. The van der Waals surface area contributed by atoms with Crippen molar-refractivity contribution in [3.05, 3.63) is 42.0 Å². The van der Waals surface area contributed by atoms with Crippen LogP contribution in [-0.2, 0) is 6.42 Å². The van der Waals surface area contributed by atoms with Crippen LogP contribution < -0.4 is 5.46 Å². The molecule has 1 aromatic carbocycles. The topological polar surface area (TPSA) is 0 Å². The lowest BCUT2D eigenvalue weighted by molar-refractivity contribution is 1.01. The second kappa shape index (κ2) is 4.15. The van der Waals surface area contributed by atoms with Crippen LogP contribution in [0.1, 0.15) is 18.9 Å². The number of benzene rings is 1. The van der Waals surface area contributed by atoms with E-state index in [9.17, 15) is 0 Å². The average molecular weight is 156 g/mol. The first kappa shape index (κ1) is 9.12. The van der Waals surface area contributed by atoms with Gasteiger partial charge in [-0.05, 0) is 18.4 Å². The first-order chi connectivity index (χ1) is 5.72. The maximum atomic E-state index is 5.57. The van der Waals surface area contributed by atoms with Gasteiger partial charge in [-0.25, -0.2) is 0 Å². The van der Waals surface area contributed by atoms with Crippen LogP contribution >= 0.6 is 0 Å². The van der Waals surface area contributed by atoms with Crippen molar-refractivity contribution in [2.24, 2.45) is 0 Å². The van der Waals surface area contributed by atoms with E-state index in [1.807, 2.05) is 12.1 Å². The monoisotopic (exact) mass is 156 g/mol. The van der Waals surface area contributed by atoms with Crippen LogP contribution in [0.15, 0.2) is 36.4 Å². The summed E-state index contributed by atoms with van der Waals surface area (Å²) in [7, 11) is 5.57. The Bertz CT molecular complexity index is 259. The van der Waals surface area contributed by atoms with E-state index in [4.69, 9.17) is 7.85 Å². The molecule has 0 saturated carbocycles. The zero-order valence-electron chi connectivity index (χ0n) is 7.51. The summed E-state index contributed by atoms with van der Waals surface area (Å²) in [6.45, 7) is 6.08. The Kier molecular flexibility index (Phi) is 3.15. The lowest BCUT2D eigenvalue weighted by Crippen LogP contribution is -2.00. The molecule has 1 rings (SSSR count). The van der Waals surface area contributed by atoms with Crippen molar-refractivity contribution in [3.8, 4) is 0 Å². The Balaban J connectivity index is 2.64. The van der Waals surface area contributed by atoms with Crippen LogP contribution in [0.2, 0.25) is 0 Å². The highest BCUT2D eigenvalue weighted by atomic mass is 14.0. The summed E-state index contributed by atoms with van der Waals surface area (Å²) in [6, 6.07) is 7.96. The van der Waals surface area contributed by atoms with E-state index in [0.717, 1.165) is 18.3 Å². The van der Waals surface area contributed by atoms with Crippen LogP contribution in [0.3, 0.4) is 0 Å². The molecular formula is C11H13B.